The Morgan fingerprint density at radius 1 is 0.857 bits per heavy atom. The lowest BCUT2D eigenvalue weighted by atomic mass is 10.2. The van der Waals surface area contributed by atoms with E-state index >= 15 is 0 Å². The number of ether oxygens (including phenoxy) is 2. The van der Waals surface area contributed by atoms with Crippen LogP contribution in [0, 0.1) is 0 Å². The Morgan fingerprint density at radius 2 is 1.38 bits per heavy atom. The Kier molecular flexibility index (Phi) is 14.9. The zero-order valence-electron chi connectivity index (χ0n) is 14.6. The molecular formula is C15H35NO4Si. The van der Waals surface area contributed by atoms with Crippen LogP contribution in [0.1, 0.15) is 47.5 Å². The summed E-state index contributed by atoms with van der Waals surface area (Å²) < 4.78 is 22.5. The lowest BCUT2D eigenvalue weighted by molar-refractivity contribution is -0.0396. The topological polar surface area (TPSA) is 40.2 Å². The lowest BCUT2D eigenvalue weighted by Gasteiger charge is -2.24. The molecule has 0 aromatic rings. The smallest absolute Gasteiger partial charge is 0.324 e. The number of nitrogens with zero attached hydrogens (tertiary/aromatic N) is 1. The van der Waals surface area contributed by atoms with Crippen LogP contribution in [-0.2, 0) is 18.3 Å². The molecule has 0 spiro atoms. The molecule has 0 aromatic carbocycles. The molecule has 0 aromatic heterocycles. The first-order valence-corrected chi connectivity index (χ1v) is 9.91. The summed E-state index contributed by atoms with van der Waals surface area (Å²) in [5, 5.41) is 0. The molecule has 1 unspecified atom stereocenters. The maximum absolute atomic E-state index is 5.79. The van der Waals surface area contributed by atoms with Gasteiger partial charge in [-0.1, -0.05) is 6.92 Å². The molecule has 6 heteroatoms. The van der Waals surface area contributed by atoms with E-state index < -0.39 is 9.28 Å². The molecule has 128 valence electrons. The summed E-state index contributed by atoms with van der Waals surface area (Å²) in [5.74, 6) is 0. The summed E-state index contributed by atoms with van der Waals surface area (Å²) in [4.78, 5) is 2.21. The van der Waals surface area contributed by atoms with Crippen molar-refractivity contribution in [3.63, 3.8) is 0 Å². The molecule has 1 atom stereocenters. The standard InChI is InChI=1S/C15H35NO4Si/c1-6-17-13-16(14-18-7-2)12-10-11-15(5)21(19-8-3)20-9-4/h15,21H,6-14H2,1-5H3. The SMILES string of the molecule is CCOCN(CCCC(C)[SiH](OCC)OCC)COCC. The van der Waals surface area contributed by atoms with Gasteiger partial charge in [0.25, 0.3) is 0 Å². The lowest BCUT2D eigenvalue weighted by Crippen LogP contribution is -2.32. The first-order valence-electron chi connectivity index (χ1n) is 8.30. The van der Waals surface area contributed by atoms with Crippen molar-refractivity contribution in [2.75, 3.05) is 46.4 Å². The number of hydrogen-bond acceptors (Lipinski definition) is 5. The zero-order valence-corrected chi connectivity index (χ0v) is 15.8. The fraction of sp³-hybridized carbons (Fsp3) is 1.00. The van der Waals surface area contributed by atoms with Gasteiger partial charge in [0.2, 0.25) is 0 Å². The largest absolute Gasteiger partial charge is 0.397 e. The van der Waals surface area contributed by atoms with Gasteiger partial charge in [0.15, 0.2) is 0 Å². The monoisotopic (exact) mass is 321 g/mol. The molecular weight excluding hydrogens is 286 g/mol. The van der Waals surface area contributed by atoms with Crippen LogP contribution in [0.2, 0.25) is 5.54 Å². The highest BCUT2D eigenvalue weighted by Gasteiger charge is 2.21. The molecule has 0 heterocycles. The van der Waals surface area contributed by atoms with E-state index in [-0.39, 0.29) is 0 Å². The summed E-state index contributed by atoms with van der Waals surface area (Å²) in [7, 11) is -1.52. The molecule has 0 saturated heterocycles. The van der Waals surface area contributed by atoms with Crippen LogP contribution in [-0.4, -0.2) is 60.6 Å². The third kappa shape index (κ3) is 11.3. The summed E-state index contributed by atoms with van der Waals surface area (Å²) >= 11 is 0. The van der Waals surface area contributed by atoms with Crippen molar-refractivity contribution in [1.82, 2.24) is 4.90 Å². The van der Waals surface area contributed by atoms with Gasteiger partial charge in [-0.25, -0.2) is 0 Å². The minimum absolute atomic E-state index is 0.533. The van der Waals surface area contributed by atoms with E-state index in [2.05, 4.69) is 11.8 Å². The Hall–Kier alpha value is 0.0169. The number of hydrogen-bond donors (Lipinski definition) is 0. The van der Waals surface area contributed by atoms with Gasteiger partial charge >= 0.3 is 9.28 Å². The molecule has 0 rings (SSSR count). The highest BCUT2D eigenvalue weighted by Crippen LogP contribution is 2.18. The van der Waals surface area contributed by atoms with E-state index in [4.69, 9.17) is 18.3 Å². The van der Waals surface area contributed by atoms with Gasteiger partial charge in [0, 0.05) is 33.0 Å². The summed E-state index contributed by atoms with van der Waals surface area (Å²) in [6.45, 7) is 15.6. The van der Waals surface area contributed by atoms with Crippen LogP contribution in [0.5, 0.6) is 0 Å². The molecule has 5 nitrogen and oxygen atoms in total. The molecule has 0 aliphatic heterocycles. The Labute approximate surface area is 132 Å². The predicted octanol–water partition coefficient (Wildman–Crippen LogP) is 2.74. The van der Waals surface area contributed by atoms with E-state index in [1.165, 1.54) is 0 Å². The summed E-state index contributed by atoms with van der Waals surface area (Å²) in [6.07, 6.45) is 2.25. The molecule has 0 aliphatic rings. The van der Waals surface area contributed by atoms with Gasteiger partial charge in [0.1, 0.15) is 13.5 Å². The average molecular weight is 322 g/mol. The van der Waals surface area contributed by atoms with Gasteiger partial charge in [-0.3, -0.25) is 4.90 Å². The fourth-order valence-electron chi connectivity index (χ4n) is 2.09. The minimum Gasteiger partial charge on any atom is -0.397 e. The van der Waals surface area contributed by atoms with Crippen molar-refractivity contribution in [3.05, 3.63) is 0 Å². The van der Waals surface area contributed by atoms with Crippen molar-refractivity contribution < 1.29 is 18.3 Å². The van der Waals surface area contributed by atoms with Gasteiger partial charge in [-0.2, -0.15) is 0 Å². The summed E-state index contributed by atoms with van der Waals surface area (Å²) in [6, 6.07) is 0. The molecule has 0 aliphatic carbocycles. The quantitative estimate of drug-likeness (QED) is 0.343. The van der Waals surface area contributed by atoms with Gasteiger partial charge in [0.05, 0.1) is 0 Å². The molecule has 0 N–H and O–H groups in total. The molecule has 0 bridgehead atoms. The van der Waals surface area contributed by atoms with Crippen molar-refractivity contribution in [2.24, 2.45) is 0 Å². The van der Waals surface area contributed by atoms with Gasteiger partial charge in [-0.05, 0) is 46.1 Å². The van der Waals surface area contributed by atoms with Crippen LogP contribution in [0.3, 0.4) is 0 Å². The van der Waals surface area contributed by atoms with E-state index in [1.807, 2.05) is 27.7 Å². The first-order chi connectivity index (χ1) is 10.2. The molecule has 0 amide bonds. The number of rotatable bonds is 15. The van der Waals surface area contributed by atoms with Crippen LogP contribution < -0.4 is 0 Å². The second-order valence-corrected chi connectivity index (χ2v) is 7.58. The van der Waals surface area contributed by atoms with Gasteiger partial charge < -0.3 is 18.3 Å². The van der Waals surface area contributed by atoms with E-state index in [1.54, 1.807) is 0 Å². The maximum Gasteiger partial charge on any atom is 0.324 e. The minimum atomic E-state index is -1.52. The molecule has 0 saturated carbocycles. The highest BCUT2D eigenvalue weighted by molar-refractivity contribution is 6.46. The molecule has 0 radical (unpaired) electrons. The Bertz CT molecular complexity index is 206. The third-order valence-electron chi connectivity index (χ3n) is 3.22. The maximum atomic E-state index is 5.79. The van der Waals surface area contributed by atoms with Crippen molar-refractivity contribution in [2.45, 2.75) is 53.0 Å². The fourth-order valence-corrected chi connectivity index (χ4v) is 4.00. The second kappa shape index (κ2) is 14.9. The van der Waals surface area contributed by atoms with Crippen molar-refractivity contribution in [3.8, 4) is 0 Å². The average Bonchev–Trinajstić information content (AvgIpc) is 2.49. The van der Waals surface area contributed by atoms with E-state index in [0.29, 0.717) is 19.0 Å². The normalized spacial score (nSPS) is 13.3. The molecule has 0 fully saturated rings. The van der Waals surface area contributed by atoms with Crippen LogP contribution >= 0.6 is 0 Å². The third-order valence-corrected chi connectivity index (χ3v) is 5.80. The Morgan fingerprint density at radius 3 is 1.81 bits per heavy atom. The van der Waals surface area contributed by atoms with Crippen LogP contribution in [0.15, 0.2) is 0 Å². The highest BCUT2D eigenvalue weighted by atomic mass is 28.3. The summed E-state index contributed by atoms with van der Waals surface area (Å²) in [5.41, 5.74) is 0.533. The van der Waals surface area contributed by atoms with E-state index in [9.17, 15) is 0 Å². The van der Waals surface area contributed by atoms with Crippen molar-refractivity contribution in [1.29, 1.82) is 0 Å². The second-order valence-electron chi connectivity index (χ2n) is 5.04. The van der Waals surface area contributed by atoms with Gasteiger partial charge in [-0.15, -0.1) is 0 Å². The van der Waals surface area contributed by atoms with E-state index in [0.717, 1.165) is 45.8 Å². The first kappa shape index (κ1) is 21.0. The predicted molar refractivity (Wildman–Crippen MR) is 88.8 cm³/mol. The Balaban J connectivity index is 4.02. The molecule has 21 heavy (non-hydrogen) atoms. The van der Waals surface area contributed by atoms with Crippen LogP contribution in [0.4, 0.5) is 0 Å². The van der Waals surface area contributed by atoms with Crippen LogP contribution in [0.25, 0.3) is 0 Å². The zero-order chi connectivity index (χ0) is 15.9. The van der Waals surface area contributed by atoms with Crippen molar-refractivity contribution >= 4 is 9.28 Å².